The second-order valence-electron chi connectivity index (χ2n) is 18.7. The van der Waals surface area contributed by atoms with Crippen LogP contribution in [0.25, 0.3) is 0 Å². The molecule has 0 saturated heterocycles. The molecule has 0 heterocycles. The van der Waals surface area contributed by atoms with Crippen molar-refractivity contribution in [2.24, 2.45) is 0 Å². The summed E-state index contributed by atoms with van der Waals surface area (Å²) in [4.78, 5) is 37.1. The predicted octanol–water partition coefficient (Wildman–Crippen LogP) is 14.5. The Hall–Kier alpha value is -3.75. The van der Waals surface area contributed by atoms with E-state index in [4.69, 9.17) is 14.2 Å². The van der Waals surface area contributed by atoms with Gasteiger partial charge >= 0.3 is 11.9 Å². The maximum atomic E-state index is 12.8. The molecule has 0 spiro atoms. The summed E-state index contributed by atoms with van der Waals surface area (Å²) in [5.74, 6) is -1.77. The van der Waals surface area contributed by atoms with Crippen LogP contribution in [-0.4, -0.2) is 75.5 Å². The normalized spacial score (nSPS) is 13.6. The van der Waals surface area contributed by atoms with Crippen molar-refractivity contribution in [1.82, 2.24) is 0 Å². The number of carboxylic acid groups (broad SMARTS) is 1. The number of carboxylic acids is 1. The van der Waals surface area contributed by atoms with Crippen LogP contribution in [0.5, 0.6) is 0 Å². The second kappa shape index (κ2) is 48.7. The van der Waals surface area contributed by atoms with Gasteiger partial charge in [-0.1, -0.05) is 195 Å². The molecule has 2 atom stereocenters. The SMILES string of the molecule is CC/C=C/C/C=C/C/C=C/C/C=C/C/C=C/CCCCCCC(=O)OCC(COCCC(C(=O)[O-])[N+](C)(C)C)OC(=O)CCCCCCCCCCCCCCC/C=C/C/C=C/C/C=C/CC. The number of ether oxygens (including phenoxy) is 3. The summed E-state index contributed by atoms with van der Waals surface area (Å²) in [5.41, 5.74) is 0. The number of likely N-dealkylation sites (N-methyl/N-ethyl adjacent to an activating group) is 1. The minimum Gasteiger partial charge on any atom is -0.544 e. The van der Waals surface area contributed by atoms with Crippen LogP contribution in [-0.2, 0) is 28.6 Å². The fraction of sp³-hybridized carbons (Fsp3) is 0.678. The van der Waals surface area contributed by atoms with Crippen LogP contribution >= 0.6 is 0 Å². The number of hydrogen-bond donors (Lipinski definition) is 0. The summed E-state index contributed by atoms with van der Waals surface area (Å²) in [6.07, 6.45) is 65.8. The first-order valence-electron chi connectivity index (χ1n) is 26.8. The smallest absolute Gasteiger partial charge is 0.306 e. The van der Waals surface area contributed by atoms with Gasteiger partial charge in [-0.15, -0.1) is 0 Å². The summed E-state index contributed by atoms with van der Waals surface area (Å²) >= 11 is 0. The quantitative estimate of drug-likeness (QED) is 0.0259. The van der Waals surface area contributed by atoms with Crippen molar-refractivity contribution in [2.75, 3.05) is 41.0 Å². The van der Waals surface area contributed by atoms with Gasteiger partial charge < -0.3 is 28.6 Å². The highest BCUT2D eigenvalue weighted by molar-refractivity contribution is 5.70. The molecule has 0 bridgehead atoms. The van der Waals surface area contributed by atoms with Gasteiger partial charge in [0, 0.05) is 19.3 Å². The van der Waals surface area contributed by atoms with Crippen molar-refractivity contribution in [3.05, 3.63) is 97.2 Å². The van der Waals surface area contributed by atoms with E-state index in [2.05, 4.69) is 111 Å². The highest BCUT2D eigenvalue weighted by atomic mass is 16.6. The van der Waals surface area contributed by atoms with E-state index >= 15 is 0 Å². The van der Waals surface area contributed by atoms with Crippen LogP contribution in [0.2, 0.25) is 0 Å². The lowest BCUT2D eigenvalue weighted by Crippen LogP contribution is -2.55. The monoisotopic (exact) mass is 934 g/mol. The van der Waals surface area contributed by atoms with Crippen molar-refractivity contribution in [1.29, 1.82) is 0 Å². The Morgan fingerprint density at radius 3 is 1.16 bits per heavy atom. The zero-order valence-corrected chi connectivity index (χ0v) is 43.5. The Bertz CT molecular complexity index is 1410. The largest absolute Gasteiger partial charge is 0.544 e. The molecule has 0 fully saturated rings. The third kappa shape index (κ3) is 47.1. The summed E-state index contributed by atoms with van der Waals surface area (Å²) in [6.45, 7) is 4.42. The first-order chi connectivity index (χ1) is 32.6. The molecule has 0 aromatic rings. The lowest BCUT2D eigenvalue weighted by atomic mass is 10.0. The Balaban J connectivity index is 4.27. The fourth-order valence-electron chi connectivity index (χ4n) is 7.41. The zero-order chi connectivity index (χ0) is 49.2. The Morgan fingerprint density at radius 1 is 0.448 bits per heavy atom. The van der Waals surface area contributed by atoms with Gasteiger partial charge in [-0.25, -0.2) is 0 Å². The summed E-state index contributed by atoms with van der Waals surface area (Å²) < 4.78 is 17.2. The zero-order valence-electron chi connectivity index (χ0n) is 43.5. The number of carbonyl (C=O) groups is 3. The molecule has 8 heteroatoms. The van der Waals surface area contributed by atoms with Gasteiger partial charge in [-0.3, -0.25) is 9.59 Å². The highest BCUT2D eigenvalue weighted by Crippen LogP contribution is 2.15. The number of unbranched alkanes of at least 4 members (excludes halogenated alkanes) is 17. The van der Waals surface area contributed by atoms with Gasteiger partial charge in [0.05, 0.1) is 40.3 Å². The lowest BCUT2D eigenvalue weighted by molar-refractivity contribution is -0.889. The van der Waals surface area contributed by atoms with Crippen molar-refractivity contribution in [3.8, 4) is 0 Å². The first kappa shape index (κ1) is 63.2. The van der Waals surface area contributed by atoms with E-state index in [0.717, 1.165) is 103 Å². The van der Waals surface area contributed by atoms with Crippen molar-refractivity contribution in [3.63, 3.8) is 0 Å². The van der Waals surface area contributed by atoms with E-state index in [0.29, 0.717) is 12.8 Å². The number of rotatable bonds is 47. The molecule has 0 aliphatic heterocycles. The number of hydrogen-bond acceptors (Lipinski definition) is 7. The van der Waals surface area contributed by atoms with E-state index in [9.17, 15) is 19.5 Å². The molecule has 0 aromatic carbocycles. The molecule has 2 unspecified atom stereocenters. The van der Waals surface area contributed by atoms with E-state index in [1.54, 1.807) is 21.1 Å². The van der Waals surface area contributed by atoms with Gasteiger partial charge in [0.1, 0.15) is 12.6 Å². The summed E-state index contributed by atoms with van der Waals surface area (Å²) in [5, 5.41) is 11.7. The minimum absolute atomic E-state index is 0.0272. The number of esters is 2. The van der Waals surface area contributed by atoms with Crippen LogP contribution in [0.4, 0.5) is 0 Å². The van der Waals surface area contributed by atoms with E-state index in [1.165, 1.54) is 70.6 Å². The van der Waals surface area contributed by atoms with Gasteiger partial charge in [0.25, 0.3) is 0 Å². The van der Waals surface area contributed by atoms with Gasteiger partial charge in [-0.05, 0) is 89.9 Å². The average Bonchev–Trinajstić information content (AvgIpc) is 3.29. The van der Waals surface area contributed by atoms with Gasteiger partial charge in [0.15, 0.2) is 6.10 Å². The third-order valence-electron chi connectivity index (χ3n) is 11.5. The molecular formula is C59H99NO7. The molecule has 0 aliphatic carbocycles. The Labute approximate surface area is 411 Å². The van der Waals surface area contributed by atoms with E-state index < -0.39 is 18.1 Å². The Kier molecular flexibility index (Phi) is 46.0. The van der Waals surface area contributed by atoms with Crippen LogP contribution in [0.1, 0.15) is 206 Å². The third-order valence-corrected chi connectivity index (χ3v) is 11.5. The predicted molar refractivity (Wildman–Crippen MR) is 281 cm³/mol. The number of aliphatic carboxylic acids is 1. The number of allylic oxidation sites excluding steroid dienone is 16. The van der Waals surface area contributed by atoms with Gasteiger partial charge in [-0.2, -0.15) is 0 Å². The standard InChI is InChI=1S/C59H99NO7/c1-6-8-10-12-14-16-18-20-22-24-26-28-29-30-32-34-36-38-40-42-44-46-48-50-58(62)67-55(53-65-52-51-56(59(63)64)60(3,4)5)54-66-57(61)49-47-45-43-41-39-37-35-33-31-27-25-23-21-19-17-15-13-11-9-7-2/h8-11,14-17,20-23,27,31,35,37,55-56H,6-7,12-13,18-19,24-26,28-30,32-34,36,38-54H2,1-5H3/b10-8+,11-9+,16-14+,17-15+,22-20+,23-21+,31-27+,37-35+. The van der Waals surface area contributed by atoms with Crippen molar-refractivity contribution in [2.45, 2.75) is 219 Å². The first-order valence-corrected chi connectivity index (χ1v) is 26.8. The maximum Gasteiger partial charge on any atom is 0.306 e. The maximum absolute atomic E-state index is 12.8. The van der Waals surface area contributed by atoms with Crippen molar-refractivity contribution < 1.29 is 38.2 Å². The molecule has 0 radical (unpaired) electrons. The fourth-order valence-corrected chi connectivity index (χ4v) is 7.41. The molecule has 0 aliphatic rings. The van der Waals surface area contributed by atoms with Crippen LogP contribution < -0.4 is 5.11 Å². The topological polar surface area (TPSA) is 102 Å². The molecule has 0 aromatic heterocycles. The molecule has 0 rings (SSSR count). The van der Waals surface area contributed by atoms with Crippen LogP contribution in [0.15, 0.2) is 97.2 Å². The number of quaternary nitrogens is 1. The lowest BCUT2D eigenvalue weighted by Gasteiger charge is -2.34. The molecule has 382 valence electrons. The van der Waals surface area contributed by atoms with E-state index in [-0.39, 0.29) is 42.7 Å². The molecule has 8 nitrogen and oxygen atoms in total. The number of nitrogens with zero attached hydrogens (tertiary/aromatic N) is 1. The minimum atomic E-state index is -1.13. The molecule has 0 saturated carbocycles. The van der Waals surface area contributed by atoms with Crippen LogP contribution in [0, 0.1) is 0 Å². The summed E-state index contributed by atoms with van der Waals surface area (Å²) in [6, 6.07) is -0.736. The molecule has 0 N–H and O–H groups in total. The van der Waals surface area contributed by atoms with Crippen LogP contribution in [0.3, 0.4) is 0 Å². The second-order valence-corrected chi connectivity index (χ2v) is 18.7. The molecule has 67 heavy (non-hydrogen) atoms. The number of carbonyl (C=O) groups excluding carboxylic acids is 3. The van der Waals surface area contributed by atoms with Gasteiger partial charge in [0.2, 0.25) is 0 Å². The Morgan fingerprint density at radius 2 is 0.791 bits per heavy atom. The highest BCUT2D eigenvalue weighted by Gasteiger charge is 2.25. The summed E-state index contributed by atoms with van der Waals surface area (Å²) in [7, 11) is 5.40. The molecular weight excluding hydrogens is 835 g/mol. The van der Waals surface area contributed by atoms with E-state index in [1.807, 2.05) is 0 Å². The average molecular weight is 934 g/mol. The van der Waals surface area contributed by atoms with Crippen molar-refractivity contribution >= 4 is 17.9 Å². The molecule has 0 amide bonds.